The Morgan fingerprint density at radius 2 is 1.72 bits per heavy atom. The van der Waals surface area contributed by atoms with Gasteiger partial charge in [0, 0.05) is 0 Å². The molecule has 0 unspecified atom stereocenters. The number of carbonyl (C=O) groups is 1. The molecule has 7 nitrogen and oxygen atoms in total. The largest absolute Gasteiger partial charge is 0.494 e. The van der Waals surface area contributed by atoms with Crippen LogP contribution < -0.4 is 14.2 Å². The Morgan fingerprint density at radius 1 is 1.00 bits per heavy atom. The lowest BCUT2D eigenvalue weighted by Gasteiger charge is -2.08. The van der Waals surface area contributed by atoms with E-state index in [0.29, 0.717) is 39.7 Å². The normalized spacial score (nSPS) is 10.5. The zero-order valence-corrected chi connectivity index (χ0v) is 14.2. The average molecular weight is 342 g/mol. The van der Waals surface area contributed by atoms with Gasteiger partial charge in [0.2, 0.25) is 0 Å². The molecule has 0 bridgehead atoms. The number of carbonyl (C=O) groups excluding carboxylic acids is 1. The van der Waals surface area contributed by atoms with Crippen LogP contribution in [0.5, 0.6) is 17.2 Å². The van der Waals surface area contributed by atoms with Gasteiger partial charge in [-0.2, -0.15) is 0 Å². The minimum absolute atomic E-state index is 0.179. The number of nitrogens with one attached hydrogen (secondary N) is 1. The van der Waals surface area contributed by atoms with Crippen molar-refractivity contribution in [2.24, 2.45) is 0 Å². The van der Waals surface area contributed by atoms with E-state index in [4.69, 9.17) is 18.9 Å². The highest BCUT2D eigenvalue weighted by Crippen LogP contribution is 2.29. The summed E-state index contributed by atoms with van der Waals surface area (Å²) < 4.78 is 21.2. The van der Waals surface area contributed by atoms with E-state index in [9.17, 15) is 4.79 Å². The summed E-state index contributed by atoms with van der Waals surface area (Å²) in [7, 11) is 4.46. The zero-order chi connectivity index (χ0) is 17.8. The molecule has 25 heavy (non-hydrogen) atoms. The summed E-state index contributed by atoms with van der Waals surface area (Å²) in [5.74, 6) is 1.89. The first-order valence-electron chi connectivity index (χ1n) is 7.57. The number of benzene rings is 2. The van der Waals surface area contributed by atoms with Crippen molar-refractivity contribution < 1.29 is 23.7 Å². The van der Waals surface area contributed by atoms with Gasteiger partial charge < -0.3 is 23.9 Å². The number of ether oxygens (including phenoxy) is 4. The van der Waals surface area contributed by atoms with Crippen LogP contribution in [0.2, 0.25) is 0 Å². The molecule has 0 saturated heterocycles. The third-order valence-corrected chi connectivity index (χ3v) is 3.72. The molecule has 130 valence electrons. The van der Waals surface area contributed by atoms with Gasteiger partial charge in [0.1, 0.15) is 23.7 Å². The Morgan fingerprint density at radius 3 is 2.40 bits per heavy atom. The van der Waals surface area contributed by atoms with E-state index in [0.717, 1.165) is 0 Å². The van der Waals surface area contributed by atoms with Crippen LogP contribution in [0.4, 0.5) is 0 Å². The molecule has 3 rings (SSSR count). The minimum atomic E-state index is -0.450. The molecule has 0 amide bonds. The molecular formula is C18H18N2O5. The molecule has 0 atom stereocenters. The van der Waals surface area contributed by atoms with Crippen molar-refractivity contribution in [3.05, 3.63) is 47.8 Å². The van der Waals surface area contributed by atoms with Gasteiger partial charge in [-0.25, -0.2) is 9.78 Å². The van der Waals surface area contributed by atoms with E-state index in [1.165, 1.54) is 7.11 Å². The first-order chi connectivity index (χ1) is 12.2. The van der Waals surface area contributed by atoms with Gasteiger partial charge in [-0.1, -0.05) is 12.1 Å². The Hall–Kier alpha value is -3.22. The fourth-order valence-corrected chi connectivity index (χ4v) is 2.51. The molecule has 0 aliphatic rings. The predicted octanol–water partition coefficient (Wildman–Crippen LogP) is 2.95. The van der Waals surface area contributed by atoms with Crippen molar-refractivity contribution in [3.63, 3.8) is 0 Å². The molecule has 0 radical (unpaired) electrons. The second kappa shape index (κ2) is 7.12. The van der Waals surface area contributed by atoms with Crippen molar-refractivity contribution in [3.8, 4) is 17.2 Å². The van der Waals surface area contributed by atoms with Gasteiger partial charge in [0.25, 0.3) is 0 Å². The van der Waals surface area contributed by atoms with Crippen molar-refractivity contribution in [2.45, 2.75) is 6.61 Å². The van der Waals surface area contributed by atoms with Gasteiger partial charge in [-0.05, 0) is 24.3 Å². The summed E-state index contributed by atoms with van der Waals surface area (Å²) in [5, 5.41) is 0. The first-order valence-corrected chi connectivity index (χ1v) is 7.57. The van der Waals surface area contributed by atoms with Crippen LogP contribution in [0.15, 0.2) is 36.4 Å². The number of aromatic nitrogens is 2. The Labute approximate surface area is 144 Å². The maximum atomic E-state index is 11.9. The minimum Gasteiger partial charge on any atom is -0.494 e. The van der Waals surface area contributed by atoms with Gasteiger partial charge in [0.05, 0.1) is 32.4 Å². The molecule has 0 aliphatic carbocycles. The predicted molar refractivity (Wildman–Crippen MR) is 91.3 cm³/mol. The van der Waals surface area contributed by atoms with E-state index < -0.39 is 5.97 Å². The van der Waals surface area contributed by atoms with E-state index in [-0.39, 0.29) is 6.61 Å². The van der Waals surface area contributed by atoms with E-state index in [2.05, 4.69) is 9.97 Å². The molecule has 1 N–H and O–H groups in total. The lowest BCUT2D eigenvalue weighted by Crippen LogP contribution is -2.02. The highest BCUT2D eigenvalue weighted by Gasteiger charge is 2.18. The van der Waals surface area contributed by atoms with Crippen molar-refractivity contribution in [2.75, 3.05) is 21.3 Å². The van der Waals surface area contributed by atoms with Crippen molar-refractivity contribution in [1.29, 1.82) is 0 Å². The molecule has 7 heteroatoms. The number of esters is 1. The summed E-state index contributed by atoms with van der Waals surface area (Å²) in [5.41, 5.74) is 1.48. The number of fused-ring (bicyclic) bond motifs is 1. The molecule has 0 aliphatic heterocycles. The van der Waals surface area contributed by atoms with E-state index in [1.807, 2.05) is 24.3 Å². The number of hydrogen-bond donors (Lipinski definition) is 1. The topological polar surface area (TPSA) is 82.7 Å². The van der Waals surface area contributed by atoms with E-state index in [1.54, 1.807) is 26.4 Å². The van der Waals surface area contributed by atoms with Gasteiger partial charge >= 0.3 is 5.97 Å². The number of aromatic amines is 1. The standard InChI is InChI=1S/C18H18N2O5/c1-22-12-6-4-5-7-13(12)25-10-15-19-16-11(18(21)24-3)8-9-14(23-2)17(16)20-15/h4-9H,10H2,1-3H3,(H,19,20). The maximum Gasteiger partial charge on any atom is 0.340 e. The maximum absolute atomic E-state index is 11.9. The highest BCUT2D eigenvalue weighted by molar-refractivity contribution is 6.03. The van der Waals surface area contributed by atoms with Gasteiger partial charge in [-0.3, -0.25) is 0 Å². The number of imidazole rings is 1. The SMILES string of the molecule is COC(=O)c1ccc(OC)c2nc(COc3ccccc3OC)[nH]c12. The molecule has 3 aromatic rings. The number of nitrogens with zero attached hydrogens (tertiary/aromatic N) is 1. The lowest BCUT2D eigenvalue weighted by molar-refractivity contribution is 0.0602. The summed E-state index contributed by atoms with van der Waals surface area (Å²) >= 11 is 0. The molecule has 0 saturated carbocycles. The molecule has 0 fully saturated rings. The van der Waals surface area contributed by atoms with Gasteiger partial charge in [0.15, 0.2) is 11.5 Å². The molecule has 0 spiro atoms. The van der Waals surface area contributed by atoms with Crippen LogP contribution in [-0.4, -0.2) is 37.3 Å². The lowest BCUT2D eigenvalue weighted by atomic mass is 10.2. The number of methoxy groups -OCH3 is 3. The third-order valence-electron chi connectivity index (χ3n) is 3.72. The summed E-state index contributed by atoms with van der Waals surface area (Å²) in [6, 6.07) is 10.7. The molecule has 2 aromatic carbocycles. The van der Waals surface area contributed by atoms with Crippen molar-refractivity contribution >= 4 is 17.0 Å². The number of para-hydroxylation sites is 2. The molecular weight excluding hydrogens is 324 g/mol. The van der Waals surface area contributed by atoms with Crippen LogP contribution in [0.1, 0.15) is 16.2 Å². The van der Waals surface area contributed by atoms with Gasteiger partial charge in [-0.15, -0.1) is 0 Å². The fourth-order valence-electron chi connectivity index (χ4n) is 2.51. The number of hydrogen-bond acceptors (Lipinski definition) is 6. The van der Waals surface area contributed by atoms with Crippen LogP contribution in [-0.2, 0) is 11.3 Å². The Kier molecular flexibility index (Phi) is 4.74. The fraction of sp³-hybridized carbons (Fsp3) is 0.222. The Bertz CT molecular complexity index is 904. The van der Waals surface area contributed by atoms with Crippen LogP contribution >= 0.6 is 0 Å². The highest BCUT2D eigenvalue weighted by atomic mass is 16.5. The molecule has 1 heterocycles. The molecule has 1 aromatic heterocycles. The number of rotatable bonds is 6. The summed E-state index contributed by atoms with van der Waals surface area (Å²) in [4.78, 5) is 19.5. The quantitative estimate of drug-likeness (QED) is 0.694. The van der Waals surface area contributed by atoms with E-state index >= 15 is 0 Å². The summed E-state index contributed by atoms with van der Waals surface area (Å²) in [6.07, 6.45) is 0. The number of H-pyrrole nitrogens is 1. The smallest absolute Gasteiger partial charge is 0.340 e. The monoisotopic (exact) mass is 342 g/mol. The van der Waals surface area contributed by atoms with Crippen LogP contribution in [0.3, 0.4) is 0 Å². The van der Waals surface area contributed by atoms with Crippen LogP contribution in [0.25, 0.3) is 11.0 Å². The third kappa shape index (κ3) is 3.21. The van der Waals surface area contributed by atoms with Crippen LogP contribution in [0, 0.1) is 0 Å². The Balaban J connectivity index is 1.93. The van der Waals surface area contributed by atoms with Crippen molar-refractivity contribution in [1.82, 2.24) is 9.97 Å². The second-order valence-corrected chi connectivity index (χ2v) is 5.15. The average Bonchev–Trinajstić information content (AvgIpc) is 3.09. The zero-order valence-electron chi connectivity index (χ0n) is 14.2. The first kappa shape index (κ1) is 16.6. The second-order valence-electron chi connectivity index (χ2n) is 5.15. The summed E-state index contributed by atoms with van der Waals surface area (Å²) in [6.45, 7) is 0.179.